The Morgan fingerprint density at radius 2 is 2.42 bits per heavy atom. The molecule has 0 atom stereocenters. The largest absolute Gasteiger partial charge is 0.384 e. The highest BCUT2D eigenvalue weighted by Gasteiger charge is 2.10. The summed E-state index contributed by atoms with van der Waals surface area (Å²) in [6.45, 7) is 5.31. The molecule has 0 radical (unpaired) electrons. The van der Waals surface area contributed by atoms with Crippen LogP contribution in [0, 0.1) is 0 Å². The highest BCUT2D eigenvalue weighted by Crippen LogP contribution is 2.26. The van der Waals surface area contributed by atoms with Gasteiger partial charge in [0.2, 0.25) is 0 Å². The van der Waals surface area contributed by atoms with Gasteiger partial charge in [0.25, 0.3) is 0 Å². The Labute approximate surface area is 75.2 Å². The molecule has 0 unspecified atom stereocenters. The summed E-state index contributed by atoms with van der Waals surface area (Å²) in [5.41, 5.74) is 3.62. The lowest BCUT2D eigenvalue weighted by molar-refractivity contribution is 0.867. The van der Waals surface area contributed by atoms with Crippen molar-refractivity contribution in [2.75, 3.05) is 11.9 Å². The first-order valence-electron chi connectivity index (χ1n) is 5.06. The van der Waals surface area contributed by atoms with Crippen molar-refractivity contribution in [2.24, 2.45) is 0 Å². The Morgan fingerprint density at radius 3 is 3.17 bits per heavy atom. The third kappa shape index (κ3) is 1.20. The normalized spacial score (nSPS) is 15.8. The Bertz CT molecular complexity index is 331. The van der Waals surface area contributed by atoms with E-state index in [-0.39, 0.29) is 0 Å². The summed E-state index contributed by atoms with van der Waals surface area (Å²) in [7, 11) is 0. The molecular weight excluding hydrogens is 146 g/mol. The van der Waals surface area contributed by atoms with Crippen LogP contribution < -0.4 is 5.32 Å². The molecular formula is C11H15N. The van der Waals surface area contributed by atoms with Crippen molar-refractivity contribution in [1.82, 2.24) is 0 Å². The van der Waals surface area contributed by atoms with Gasteiger partial charge < -0.3 is 5.32 Å². The van der Waals surface area contributed by atoms with Crippen molar-refractivity contribution >= 4 is 5.69 Å². The van der Waals surface area contributed by atoms with Gasteiger partial charge in [-0.3, -0.25) is 0 Å². The Morgan fingerprint density at radius 1 is 1.58 bits per heavy atom. The minimum Gasteiger partial charge on any atom is -0.384 e. The average Bonchev–Trinajstić information content (AvgIpc) is 2.51. The van der Waals surface area contributed by atoms with Crippen molar-refractivity contribution in [3.05, 3.63) is 29.3 Å². The molecule has 1 heteroatoms. The van der Waals surface area contributed by atoms with Crippen molar-refractivity contribution in [2.45, 2.75) is 26.2 Å². The van der Waals surface area contributed by atoms with Gasteiger partial charge in [-0.25, -0.2) is 0 Å². The number of fused-ring (bicyclic) bond motifs is 1. The lowest BCUT2D eigenvalue weighted by Gasteiger charge is -2.07. The van der Waals surface area contributed by atoms with Crippen LogP contribution in [0.25, 0.3) is 0 Å². The number of benzene rings is 1. The molecule has 0 spiro atoms. The number of anilines is 1. The zero-order chi connectivity index (χ0) is 9.42. The second-order valence-corrected chi connectivity index (χ2v) is 3.66. The van der Waals surface area contributed by atoms with E-state index in [0.717, 1.165) is 13.0 Å². The molecule has 1 aromatic rings. The SMILES string of the molecule is [3H]c1cc(C(C)C)cc2c1CCN2. The van der Waals surface area contributed by atoms with Gasteiger partial charge in [0.05, 0.1) is 1.37 Å². The molecule has 1 N–H and O–H groups in total. The van der Waals surface area contributed by atoms with Crippen LogP contribution in [0.15, 0.2) is 18.2 Å². The molecule has 0 aliphatic carbocycles. The third-order valence-electron chi connectivity index (χ3n) is 2.41. The van der Waals surface area contributed by atoms with Crippen molar-refractivity contribution in [3.8, 4) is 0 Å². The summed E-state index contributed by atoms with van der Waals surface area (Å²) in [4.78, 5) is 0. The van der Waals surface area contributed by atoms with E-state index >= 15 is 0 Å². The van der Waals surface area contributed by atoms with E-state index in [1.54, 1.807) is 0 Å². The fourth-order valence-corrected chi connectivity index (χ4v) is 1.56. The Kier molecular flexibility index (Phi) is 1.53. The highest BCUT2D eigenvalue weighted by molar-refractivity contribution is 5.57. The quantitative estimate of drug-likeness (QED) is 0.671. The summed E-state index contributed by atoms with van der Waals surface area (Å²) in [5, 5.41) is 3.32. The van der Waals surface area contributed by atoms with Gasteiger partial charge in [0.15, 0.2) is 0 Å². The maximum Gasteiger partial charge on any atom is 0.0626 e. The van der Waals surface area contributed by atoms with Gasteiger partial charge in [-0.05, 0) is 29.5 Å². The molecule has 0 saturated carbocycles. The van der Waals surface area contributed by atoms with Crippen molar-refractivity contribution in [3.63, 3.8) is 0 Å². The molecule has 0 amide bonds. The van der Waals surface area contributed by atoms with Gasteiger partial charge in [-0.15, -0.1) is 0 Å². The van der Waals surface area contributed by atoms with E-state index in [0.29, 0.717) is 12.0 Å². The lowest BCUT2D eigenvalue weighted by Crippen LogP contribution is -1.92. The summed E-state index contributed by atoms with van der Waals surface area (Å²) in [6, 6.07) is 4.88. The first-order chi connectivity index (χ1) is 6.18. The fourth-order valence-electron chi connectivity index (χ4n) is 1.56. The van der Waals surface area contributed by atoms with Crippen molar-refractivity contribution < 1.29 is 1.37 Å². The van der Waals surface area contributed by atoms with E-state index in [1.807, 2.05) is 6.07 Å². The second kappa shape index (κ2) is 2.81. The topological polar surface area (TPSA) is 12.0 Å². The molecule has 2 rings (SSSR count). The summed E-state index contributed by atoms with van der Waals surface area (Å²) >= 11 is 0. The molecule has 12 heavy (non-hydrogen) atoms. The first kappa shape index (κ1) is 6.53. The summed E-state index contributed by atoms with van der Waals surface area (Å²) in [5.74, 6) is 0.511. The van der Waals surface area contributed by atoms with E-state index in [2.05, 4.69) is 25.2 Å². The summed E-state index contributed by atoms with van der Waals surface area (Å²) < 4.78 is 7.85. The zero-order valence-electron chi connectivity index (χ0n) is 8.65. The first-order valence-corrected chi connectivity index (χ1v) is 4.56. The molecule has 1 heterocycles. The molecule has 64 valence electrons. The van der Waals surface area contributed by atoms with Gasteiger partial charge in [-0.2, -0.15) is 0 Å². The van der Waals surface area contributed by atoms with Crippen LogP contribution in [0.5, 0.6) is 0 Å². The zero-order valence-corrected chi connectivity index (χ0v) is 7.65. The molecule has 1 nitrogen and oxygen atoms in total. The average molecular weight is 163 g/mol. The molecule has 1 aliphatic rings. The standard InChI is InChI=1S/C11H15N/c1-8(2)10-4-3-9-5-6-12-11(9)7-10/h3-4,7-8,12H,5-6H2,1-2H3/i3T. The highest BCUT2D eigenvalue weighted by atomic mass is 14.9. The number of nitrogens with one attached hydrogen (secondary N) is 1. The monoisotopic (exact) mass is 163 g/mol. The van der Waals surface area contributed by atoms with Gasteiger partial charge in [0, 0.05) is 12.2 Å². The summed E-state index contributed by atoms with van der Waals surface area (Å²) in [6.07, 6.45) is 1.01. The molecule has 1 aliphatic heterocycles. The van der Waals surface area contributed by atoms with Crippen LogP contribution in [0.2, 0.25) is 0 Å². The van der Waals surface area contributed by atoms with E-state index < -0.39 is 0 Å². The van der Waals surface area contributed by atoms with E-state index in [9.17, 15) is 0 Å². The van der Waals surface area contributed by atoms with Gasteiger partial charge in [-0.1, -0.05) is 26.0 Å². The number of hydrogen-bond donors (Lipinski definition) is 1. The van der Waals surface area contributed by atoms with Crippen LogP contribution in [0.3, 0.4) is 0 Å². The Hall–Kier alpha value is -0.980. The van der Waals surface area contributed by atoms with Crippen LogP contribution in [-0.4, -0.2) is 6.54 Å². The molecule has 0 aromatic heterocycles. The van der Waals surface area contributed by atoms with Crippen LogP contribution in [0.1, 0.15) is 32.3 Å². The van der Waals surface area contributed by atoms with Crippen LogP contribution >= 0.6 is 0 Å². The minimum atomic E-state index is 0.511. The number of rotatable bonds is 1. The fraction of sp³-hybridized carbons (Fsp3) is 0.455. The molecule has 0 bridgehead atoms. The smallest absolute Gasteiger partial charge is 0.0626 e. The van der Waals surface area contributed by atoms with E-state index in [1.165, 1.54) is 16.8 Å². The lowest BCUT2D eigenvalue weighted by atomic mass is 10.0. The number of hydrogen-bond acceptors (Lipinski definition) is 1. The second-order valence-electron chi connectivity index (χ2n) is 3.66. The van der Waals surface area contributed by atoms with Crippen molar-refractivity contribution in [1.29, 1.82) is 0 Å². The van der Waals surface area contributed by atoms with Gasteiger partial charge in [0.1, 0.15) is 0 Å². The molecule has 0 fully saturated rings. The third-order valence-corrected chi connectivity index (χ3v) is 2.41. The van der Waals surface area contributed by atoms with Gasteiger partial charge >= 0.3 is 0 Å². The van der Waals surface area contributed by atoms with E-state index in [4.69, 9.17) is 1.37 Å². The predicted octanol–water partition coefficient (Wildman–Crippen LogP) is 2.78. The Balaban J connectivity index is 2.49. The molecule has 0 saturated heterocycles. The minimum absolute atomic E-state index is 0.511. The predicted molar refractivity (Wildman–Crippen MR) is 52.7 cm³/mol. The van der Waals surface area contributed by atoms with Crippen LogP contribution in [0.4, 0.5) is 5.69 Å². The van der Waals surface area contributed by atoms with Crippen LogP contribution in [-0.2, 0) is 6.42 Å². The maximum absolute atomic E-state index is 7.85. The maximum atomic E-state index is 7.85. The molecule has 1 aromatic carbocycles.